The van der Waals surface area contributed by atoms with Gasteiger partial charge in [-0.05, 0) is 23.8 Å². The maximum absolute atomic E-state index is 13.0. The molecule has 1 aromatic carbocycles. The van der Waals surface area contributed by atoms with Crippen molar-refractivity contribution in [1.29, 1.82) is 0 Å². The number of nitrogens with two attached hydrogens (primary N) is 1. The molecule has 0 bridgehead atoms. The molecular formula is C13H9BrClF3N2. The summed E-state index contributed by atoms with van der Waals surface area (Å²) in [5, 5.41) is 0.468. The van der Waals surface area contributed by atoms with Gasteiger partial charge in [0.15, 0.2) is 0 Å². The summed E-state index contributed by atoms with van der Waals surface area (Å²) in [4.78, 5) is 3.73. The Balaban J connectivity index is 2.51. The average molecular weight is 366 g/mol. The summed E-state index contributed by atoms with van der Waals surface area (Å²) in [6, 6.07) is 4.71. The number of pyridine rings is 1. The molecule has 1 aromatic heterocycles. The third-order valence-electron chi connectivity index (χ3n) is 2.79. The third kappa shape index (κ3) is 3.13. The standard InChI is InChI=1S/C13H9BrClF3N2/c14-11-5-7(15)1-2-8(11)12(19)9-6-20-4-3-10(9)13(16,17)18/h1-6,12H,19H2. The summed E-state index contributed by atoms with van der Waals surface area (Å²) in [5.74, 6) is 0. The molecule has 2 aromatic rings. The molecule has 0 spiro atoms. The van der Waals surface area contributed by atoms with Gasteiger partial charge >= 0.3 is 6.18 Å². The van der Waals surface area contributed by atoms with Gasteiger partial charge < -0.3 is 5.73 Å². The highest BCUT2D eigenvalue weighted by Crippen LogP contribution is 2.37. The Labute approximate surface area is 126 Å². The first kappa shape index (κ1) is 15.3. The van der Waals surface area contributed by atoms with Crippen LogP contribution in [0.25, 0.3) is 0 Å². The van der Waals surface area contributed by atoms with E-state index in [4.69, 9.17) is 17.3 Å². The van der Waals surface area contributed by atoms with Crippen LogP contribution in [0.15, 0.2) is 41.1 Å². The molecule has 0 saturated carbocycles. The van der Waals surface area contributed by atoms with Crippen molar-refractivity contribution in [3.63, 3.8) is 0 Å². The lowest BCUT2D eigenvalue weighted by Gasteiger charge is -2.19. The predicted octanol–water partition coefficient (Wildman–Crippen LogP) is 4.56. The molecular weight excluding hydrogens is 357 g/mol. The predicted molar refractivity (Wildman–Crippen MR) is 74.4 cm³/mol. The van der Waals surface area contributed by atoms with Crippen LogP contribution in [-0.2, 0) is 6.18 Å². The van der Waals surface area contributed by atoms with Crippen molar-refractivity contribution in [1.82, 2.24) is 4.98 Å². The molecule has 0 amide bonds. The van der Waals surface area contributed by atoms with Crippen LogP contribution in [0.1, 0.15) is 22.7 Å². The third-order valence-corrected chi connectivity index (χ3v) is 3.71. The van der Waals surface area contributed by atoms with Gasteiger partial charge in [-0.15, -0.1) is 0 Å². The maximum Gasteiger partial charge on any atom is 0.416 e. The molecule has 2 nitrogen and oxygen atoms in total. The molecule has 1 atom stereocenters. The van der Waals surface area contributed by atoms with Crippen molar-refractivity contribution in [2.45, 2.75) is 12.2 Å². The lowest BCUT2D eigenvalue weighted by molar-refractivity contribution is -0.138. The Morgan fingerprint density at radius 1 is 1.20 bits per heavy atom. The zero-order chi connectivity index (χ0) is 14.9. The van der Waals surface area contributed by atoms with Crippen LogP contribution >= 0.6 is 27.5 Å². The van der Waals surface area contributed by atoms with Crippen LogP contribution in [0.2, 0.25) is 5.02 Å². The SMILES string of the molecule is NC(c1ccc(Cl)cc1Br)c1cnccc1C(F)(F)F. The van der Waals surface area contributed by atoms with E-state index < -0.39 is 17.8 Å². The summed E-state index contributed by atoms with van der Waals surface area (Å²) in [7, 11) is 0. The molecule has 2 N–H and O–H groups in total. The van der Waals surface area contributed by atoms with E-state index >= 15 is 0 Å². The molecule has 1 unspecified atom stereocenters. The first-order valence-corrected chi connectivity index (χ1v) is 6.69. The van der Waals surface area contributed by atoms with Crippen LogP contribution in [0, 0.1) is 0 Å². The normalized spacial score (nSPS) is 13.3. The zero-order valence-corrected chi connectivity index (χ0v) is 12.3. The van der Waals surface area contributed by atoms with Gasteiger partial charge in [0.25, 0.3) is 0 Å². The largest absolute Gasteiger partial charge is 0.416 e. The first-order chi connectivity index (χ1) is 9.30. The van der Waals surface area contributed by atoms with Crippen molar-refractivity contribution in [3.8, 4) is 0 Å². The quantitative estimate of drug-likeness (QED) is 0.847. The highest BCUT2D eigenvalue weighted by molar-refractivity contribution is 9.10. The minimum Gasteiger partial charge on any atom is -0.320 e. The lowest BCUT2D eigenvalue weighted by atomic mass is 9.97. The van der Waals surface area contributed by atoms with Gasteiger partial charge in [-0.2, -0.15) is 13.2 Å². The molecule has 0 aliphatic rings. The van der Waals surface area contributed by atoms with Crippen LogP contribution in [0.4, 0.5) is 13.2 Å². The summed E-state index contributed by atoms with van der Waals surface area (Å²) < 4.78 is 39.5. The Morgan fingerprint density at radius 2 is 1.90 bits per heavy atom. The van der Waals surface area contributed by atoms with E-state index in [0.29, 0.717) is 15.1 Å². The Morgan fingerprint density at radius 3 is 2.50 bits per heavy atom. The summed E-state index contributed by atoms with van der Waals surface area (Å²) in [5.41, 5.74) is 5.59. The minimum absolute atomic E-state index is 0.0805. The number of hydrogen-bond donors (Lipinski definition) is 1. The van der Waals surface area contributed by atoms with Gasteiger partial charge in [0.2, 0.25) is 0 Å². The van der Waals surface area contributed by atoms with E-state index in [1.165, 1.54) is 0 Å². The fourth-order valence-electron chi connectivity index (χ4n) is 1.83. The van der Waals surface area contributed by atoms with Crippen molar-refractivity contribution in [2.75, 3.05) is 0 Å². The second-order valence-electron chi connectivity index (χ2n) is 4.10. The summed E-state index contributed by atoms with van der Waals surface area (Å²) in [6.45, 7) is 0. The van der Waals surface area contributed by atoms with E-state index in [-0.39, 0.29) is 5.56 Å². The van der Waals surface area contributed by atoms with Gasteiger partial charge in [-0.1, -0.05) is 33.6 Å². The Hall–Kier alpha value is -1.11. The molecule has 0 fully saturated rings. The highest BCUT2D eigenvalue weighted by Gasteiger charge is 2.35. The number of aromatic nitrogens is 1. The zero-order valence-electron chi connectivity index (χ0n) is 9.96. The van der Waals surface area contributed by atoms with Gasteiger partial charge in [0.1, 0.15) is 0 Å². The van der Waals surface area contributed by atoms with Crippen LogP contribution in [0.5, 0.6) is 0 Å². The number of alkyl halides is 3. The molecule has 0 aliphatic carbocycles. The fraction of sp³-hybridized carbons (Fsp3) is 0.154. The number of hydrogen-bond acceptors (Lipinski definition) is 2. The number of benzene rings is 1. The van der Waals surface area contributed by atoms with Gasteiger partial charge in [0.05, 0.1) is 11.6 Å². The molecule has 2 rings (SSSR count). The van der Waals surface area contributed by atoms with Crippen LogP contribution in [-0.4, -0.2) is 4.98 Å². The molecule has 106 valence electrons. The maximum atomic E-state index is 13.0. The fourth-order valence-corrected chi connectivity index (χ4v) is 2.76. The van der Waals surface area contributed by atoms with Gasteiger partial charge in [0, 0.05) is 27.5 Å². The smallest absolute Gasteiger partial charge is 0.320 e. The monoisotopic (exact) mass is 364 g/mol. The number of halogens is 5. The summed E-state index contributed by atoms with van der Waals surface area (Å²) in [6.07, 6.45) is -2.25. The molecule has 1 heterocycles. The molecule has 7 heteroatoms. The van der Waals surface area contributed by atoms with Gasteiger partial charge in [-0.25, -0.2) is 0 Å². The molecule has 0 radical (unpaired) electrons. The topological polar surface area (TPSA) is 38.9 Å². The van der Waals surface area contributed by atoms with Crippen molar-refractivity contribution in [2.24, 2.45) is 5.73 Å². The average Bonchev–Trinajstić information content (AvgIpc) is 2.37. The second-order valence-corrected chi connectivity index (χ2v) is 5.39. The van der Waals surface area contributed by atoms with Gasteiger partial charge in [-0.3, -0.25) is 4.98 Å². The van der Waals surface area contributed by atoms with E-state index in [1.807, 2.05) is 0 Å². The Kier molecular flexibility index (Phi) is 4.36. The minimum atomic E-state index is -4.48. The second kappa shape index (κ2) is 5.71. The van der Waals surface area contributed by atoms with Crippen LogP contribution in [0.3, 0.4) is 0 Å². The van der Waals surface area contributed by atoms with Crippen molar-refractivity contribution < 1.29 is 13.2 Å². The number of rotatable bonds is 2. The van der Waals surface area contributed by atoms with Crippen LogP contribution < -0.4 is 5.73 Å². The molecule has 0 aliphatic heterocycles. The Bertz CT molecular complexity index is 631. The molecule has 0 saturated heterocycles. The van der Waals surface area contributed by atoms with E-state index in [2.05, 4.69) is 20.9 Å². The molecule has 20 heavy (non-hydrogen) atoms. The van der Waals surface area contributed by atoms with E-state index in [1.54, 1.807) is 18.2 Å². The number of nitrogens with zero attached hydrogens (tertiary/aromatic N) is 1. The van der Waals surface area contributed by atoms with Crippen molar-refractivity contribution >= 4 is 27.5 Å². The first-order valence-electron chi connectivity index (χ1n) is 5.52. The highest BCUT2D eigenvalue weighted by atomic mass is 79.9. The van der Waals surface area contributed by atoms with E-state index in [9.17, 15) is 13.2 Å². The van der Waals surface area contributed by atoms with Crippen molar-refractivity contribution in [3.05, 3.63) is 62.8 Å². The summed E-state index contributed by atoms with van der Waals surface area (Å²) >= 11 is 9.06. The van der Waals surface area contributed by atoms with E-state index in [0.717, 1.165) is 18.5 Å². The lowest BCUT2D eigenvalue weighted by Crippen LogP contribution is -2.19.